The monoisotopic (exact) mass is 604 g/mol. The van der Waals surface area contributed by atoms with E-state index in [1.165, 1.54) is 0 Å². The fraction of sp³-hybridized carbons (Fsp3) is 0. The van der Waals surface area contributed by atoms with Crippen molar-refractivity contribution in [1.29, 1.82) is 0 Å². The summed E-state index contributed by atoms with van der Waals surface area (Å²) in [6, 6.07) is 0. The minimum Gasteiger partial charge on any atom is 0 e. The van der Waals surface area contributed by atoms with Crippen molar-refractivity contribution in [3.63, 3.8) is 0 Å². The molecular formula is H4AgBiKLaPd. The summed E-state index contributed by atoms with van der Waals surface area (Å²) in [4.78, 5) is 0. The van der Waals surface area contributed by atoms with E-state index in [1.54, 1.807) is 0 Å². The second kappa shape index (κ2) is 22.9. The summed E-state index contributed by atoms with van der Waals surface area (Å²) >= 11 is 0. The van der Waals surface area contributed by atoms with Gasteiger partial charge in [-0.2, -0.15) is 0 Å². The molecule has 5 heavy (non-hydrogen) atoms. The quantitative estimate of drug-likeness (QED) is 0.285. The minimum absolute atomic E-state index is 0. The Morgan fingerprint density at radius 2 is 1.00 bits per heavy atom. The molecule has 0 bridgehead atoms. The van der Waals surface area contributed by atoms with Crippen LogP contribution in [0.5, 0.6) is 0 Å². The van der Waals surface area contributed by atoms with Crippen molar-refractivity contribution in [1.82, 2.24) is 0 Å². The van der Waals surface area contributed by atoms with Crippen LogP contribution in [0, 0.1) is 35.6 Å². The third-order valence-corrected chi connectivity index (χ3v) is 0. The topological polar surface area (TPSA) is 0 Å². The van der Waals surface area contributed by atoms with Crippen molar-refractivity contribution in [3.05, 3.63) is 0 Å². The Morgan fingerprint density at radius 1 is 1.00 bits per heavy atom. The third-order valence-electron chi connectivity index (χ3n) is 0. The van der Waals surface area contributed by atoms with Crippen LogP contribution in [-0.4, -0.2) is 77.6 Å². The van der Waals surface area contributed by atoms with Crippen molar-refractivity contribution in [3.8, 4) is 0 Å². The summed E-state index contributed by atoms with van der Waals surface area (Å²) in [5, 5.41) is 0. The standard InChI is InChI=1S/Ag.Bi.K.La.Pd.4H. The summed E-state index contributed by atoms with van der Waals surface area (Å²) in [6.45, 7) is 0. The molecule has 0 aliphatic rings. The maximum Gasteiger partial charge on any atom is 0 e. The molecule has 2 radical (unpaired) electrons. The number of hydrogen-bond acceptors (Lipinski definition) is 0. The molecule has 0 saturated heterocycles. The summed E-state index contributed by atoms with van der Waals surface area (Å²) in [5.41, 5.74) is 0. The van der Waals surface area contributed by atoms with Gasteiger partial charge in [-0.15, -0.1) is 0 Å². The first-order chi connectivity index (χ1) is 0. The zero-order valence-corrected chi connectivity index (χ0v) is 14.1. The number of hydrogen-bond donors (Lipinski definition) is 0. The Bertz CT molecular complexity index is 11.6. The predicted molar refractivity (Wildman–Crippen MR) is 17.1 cm³/mol. The molecular weight excluding hydrogens is 601 g/mol. The Labute approximate surface area is 151 Å². The first kappa shape index (κ1) is 32.1. The van der Waals surface area contributed by atoms with E-state index in [1.807, 2.05) is 0 Å². The first-order valence-electron chi connectivity index (χ1n) is 0. The van der Waals surface area contributed by atoms with Crippen molar-refractivity contribution in [2.24, 2.45) is 0 Å². The molecule has 0 rings (SSSR count). The van der Waals surface area contributed by atoms with E-state index >= 15 is 0 Å². The van der Waals surface area contributed by atoms with E-state index in [2.05, 4.69) is 0 Å². The van der Waals surface area contributed by atoms with Gasteiger partial charge in [0.15, 0.2) is 0 Å². The second-order valence-corrected chi connectivity index (χ2v) is 0. The molecule has 0 aromatic carbocycles. The SMILES string of the molecule is [Ag].[BiH3].[KH].[La].[Pd]. The van der Waals surface area contributed by atoms with E-state index < -0.39 is 0 Å². The van der Waals surface area contributed by atoms with Crippen LogP contribution in [-0.2, 0) is 42.8 Å². The molecule has 0 N–H and O–H groups in total. The fourth-order valence-corrected chi connectivity index (χ4v) is 0. The van der Waals surface area contributed by atoms with E-state index in [4.69, 9.17) is 0 Å². The van der Waals surface area contributed by atoms with Crippen LogP contribution in [0.1, 0.15) is 0 Å². The van der Waals surface area contributed by atoms with Crippen LogP contribution < -0.4 is 0 Å². The van der Waals surface area contributed by atoms with Gasteiger partial charge in [0, 0.05) is 78.4 Å². The van der Waals surface area contributed by atoms with Crippen molar-refractivity contribution in [2.75, 3.05) is 0 Å². The average molecular weight is 605 g/mol. The van der Waals surface area contributed by atoms with Crippen molar-refractivity contribution in [2.45, 2.75) is 0 Å². The van der Waals surface area contributed by atoms with Crippen LogP contribution in [0.25, 0.3) is 0 Å². The molecule has 5 heteroatoms. The van der Waals surface area contributed by atoms with E-state index in [0.717, 1.165) is 0 Å². The van der Waals surface area contributed by atoms with E-state index in [9.17, 15) is 0 Å². The molecule has 0 aromatic heterocycles. The molecule has 0 nitrogen and oxygen atoms in total. The molecule has 0 aliphatic heterocycles. The van der Waals surface area contributed by atoms with Crippen LogP contribution >= 0.6 is 0 Å². The third kappa shape index (κ3) is 17.6. The predicted octanol–water partition coefficient (Wildman–Crippen LogP) is -1.84. The normalized spacial score (nSPS) is 0. The van der Waals surface area contributed by atoms with E-state index in [0.29, 0.717) is 0 Å². The van der Waals surface area contributed by atoms with Gasteiger partial charge >= 0.3 is 77.6 Å². The molecule has 0 aliphatic carbocycles. The molecule has 0 spiro atoms. The molecule has 0 amide bonds. The minimum atomic E-state index is 0. The van der Waals surface area contributed by atoms with Gasteiger partial charge in [-0.05, 0) is 0 Å². The van der Waals surface area contributed by atoms with Gasteiger partial charge < -0.3 is 0 Å². The van der Waals surface area contributed by atoms with E-state index in [-0.39, 0.29) is 156 Å². The summed E-state index contributed by atoms with van der Waals surface area (Å²) < 4.78 is 0. The Hall–Kier alpha value is 5.12. The zero-order valence-electron chi connectivity index (χ0n) is 1.90. The van der Waals surface area contributed by atoms with Gasteiger partial charge in [-0.1, -0.05) is 0 Å². The maximum atomic E-state index is 0. The Kier molecular flexibility index (Phi) is 147. The summed E-state index contributed by atoms with van der Waals surface area (Å²) in [7, 11) is 0. The smallest absolute Gasteiger partial charge is 0 e. The van der Waals surface area contributed by atoms with Crippen molar-refractivity contribution >= 4 is 77.6 Å². The zero-order chi connectivity index (χ0) is 0. The van der Waals surface area contributed by atoms with Crippen LogP contribution in [0.3, 0.4) is 0 Å². The maximum absolute atomic E-state index is 0. The first-order valence-corrected chi connectivity index (χ1v) is 0. The summed E-state index contributed by atoms with van der Waals surface area (Å²) in [6.07, 6.45) is 0. The second-order valence-electron chi connectivity index (χ2n) is 0. The van der Waals surface area contributed by atoms with Gasteiger partial charge in [-0.25, -0.2) is 0 Å². The average Bonchev–Trinajstić information content (AvgIpc) is 0. The largest absolute Gasteiger partial charge is 0 e. The number of rotatable bonds is 0. The van der Waals surface area contributed by atoms with Gasteiger partial charge in [0.1, 0.15) is 0 Å². The fourth-order valence-electron chi connectivity index (χ4n) is 0. The van der Waals surface area contributed by atoms with Gasteiger partial charge in [0.05, 0.1) is 0 Å². The Balaban J connectivity index is 0. The molecule has 34 valence electrons. The molecule has 0 saturated carbocycles. The Morgan fingerprint density at radius 3 is 1.00 bits per heavy atom. The van der Waals surface area contributed by atoms with Crippen LogP contribution in [0.4, 0.5) is 0 Å². The molecule has 0 aromatic rings. The van der Waals surface area contributed by atoms with Crippen molar-refractivity contribution < 1.29 is 78.4 Å². The van der Waals surface area contributed by atoms with Crippen LogP contribution in [0.2, 0.25) is 0 Å². The molecule has 0 heterocycles. The van der Waals surface area contributed by atoms with Gasteiger partial charge in [0.25, 0.3) is 0 Å². The van der Waals surface area contributed by atoms with Gasteiger partial charge in [0.2, 0.25) is 0 Å². The molecule has 0 fully saturated rings. The molecule has 0 unspecified atom stereocenters. The van der Waals surface area contributed by atoms with Gasteiger partial charge in [-0.3, -0.25) is 0 Å². The molecule has 0 atom stereocenters. The summed E-state index contributed by atoms with van der Waals surface area (Å²) in [5.74, 6) is 0. The van der Waals surface area contributed by atoms with Crippen LogP contribution in [0.15, 0.2) is 0 Å².